The van der Waals surface area contributed by atoms with E-state index >= 15 is 0 Å². The zero-order valence-corrected chi connectivity index (χ0v) is 15.8. The lowest BCUT2D eigenvalue weighted by Gasteiger charge is -2.34. The highest BCUT2D eigenvalue weighted by molar-refractivity contribution is 6.01. The van der Waals surface area contributed by atoms with Crippen molar-refractivity contribution in [3.8, 4) is 5.75 Å². The van der Waals surface area contributed by atoms with Crippen molar-refractivity contribution in [3.05, 3.63) is 53.6 Å². The second kappa shape index (κ2) is 7.06. The molecule has 1 atom stereocenters. The predicted molar refractivity (Wildman–Crippen MR) is 105 cm³/mol. The van der Waals surface area contributed by atoms with Crippen LogP contribution in [0.3, 0.4) is 0 Å². The van der Waals surface area contributed by atoms with Gasteiger partial charge in [0.25, 0.3) is 5.91 Å². The Balaban J connectivity index is 1.51. The van der Waals surface area contributed by atoms with Gasteiger partial charge in [0.1, 0.15) is 5.75 Å². The van der Waals surface area contributed by atoms with Gasteiger partial charge in [0.2, 0.25) is 5.91 Å². The van der Waals surface area contributed by atoms with Crippen molar-refractivity contribution in [1.29, 1.82) is 0 Å². The van der Waals surface area contributed by atoms with Gasteiger partial charge in [-0.2, -0.15) is 0 Å². The molecule has 0 N–H and O–H groups in total. The first-order valence-electron chi connectivity index (χ1n) is 9.51. The lowest BCUT2D eigenvalue weighted by molar-refractivity contribution is -0.125. The molecule has 140 valence electrons. The highest BCUT2D eigenvalue weighted by Crippen LogP contribution is 2.34. The van der Waals surface area contributed by atoms with Gasteiger partial charge < -0.3 is 14.5 Å². The van der Waals surface area contributed by atoms with Gasteiger partial charge in [-0.15, -0.1) is 0 Å². The summed E-state index contributed by atoms with van der Waals surface area (Å²) in [5.41, 5.74) is 4.20. The molecule has 2 amide bonds. The van der Waals surface area contributed by atoms with Crippen LogP contribution in [-0.2, 0) is 16.0 Å². The number of nitrogens with zero attached hydrogens (tertiary/aromatic N) is 2. The maximum absolute atomic E-state index is 12.9. The van der Waals surface area contributed by atoms with E-state index in [4.69, 9.17) is 4.74 Å². The molecule has 2 aliphatic heterocycles. The summed E-state index contributed by atoms with van der Waals surface area (Å²) in [4.78, 5) is 29.1. The number of amides is 2. The van der Waals surface area contributed by atoms with Crippen LogP contribution < -0.4 is 14.5 Å². The van der Waals surface area contributed by atoms with E-state index in [-0.39, 0.29) is 11.8 Å². The Morgan fingerprint density at radius 3 is 2.85 bits per heavy atom. The van der Waals surface area contributed by atoms with Gasteiger partial charge in [-0.05, 0) is 50.5 Å². The summed E-state index contributed by atoms with van der Waals surface area (Å²) in [6.07, 6.45) is 1.74. The molecule has 1 unspecified atom stereocenters. The molecule has 2 heterocycles. The van der Waals surface area contributed by atoms with Gasteiger partial charge >= 0.3 is 0 Å². The largest absolute Gasteiger partial charge is 0.479 e. The zero-order chi connectivity index (χ0) is 19.0. The summed E-state index contributed by atoms with van der Waals surface area (Å²) in [5.74, 6) is 0.649. The lowest BCUT2D eigenvalue weighted by atomic mass is 9.99. The Hall–Kier alpha value is -2.82. The van der Waals surface area contributed by atoms with Gasteiger partial charge in [-0.1, -0.05) is 29.8 Å². The van der Waals surface area contributed by atoms with E-state index in [0.717, 1.165) is 30.8 Å². The van der Waals surface area contributed by atoms with Crippen LogP contribution in [0.1, 0.15) is 30.9 Å². The lowest BCUT2D eigenvalue weighted by Crippen LogP contribution is -2.46. The minimum absolute atomic E-state index is 0.0595. The first-order chi connectivity index (χ1) is 13.0. The number of carbonyl (C=O) groups is 2. The molecule has 0 saturated carbocycles. The van der Waals surface area contributed by atoms with Crippen LogP contribution in [0.5, 0.6) is 5.75 Å². The van der Waals surface area contributed by atoms with Crippen LogP contribution in [0.25, 0.3) is 0 Å². The fourth-order valence-corrected chi connectivity index (χ4v) is 3.92. The van der Waals surface area contributed by atoms with Crippen molar-refractivity contribution in [1.82, 2.24) is 0 Å². The number of hydrogen-bond acceptors (Lipinski definition) is 3. The highest BCUT2D eigenvalue weighted by Gasteiger charge is 2.32. The van der Waals surface area contributed by atoms with Crippen molar-refractivity contribution in [3.63, 3.8) is 0 Å². The second-order valence-corrected chi connectivity index (χ2v) is 7.25. The first kappa shape index (κ1) is 17.6. The number of anilines is 2. The van der Waals surface area contributed by atoms with Crippen LogP contribution in [0.4, 0.5) is 11.4 Å². The SMILES string of the molecule is Cc1ccc2c(c1)CCCN2C(=O)CCN1C(=O)C(C)Oc2ccccc21. The van der Waals surface area contributed by atoms with E-state index in [1.54, 1.807) is 11.8 Å². The van der Waals surface area contributed by atoms with Crippen LogP contribution in [0.2, 0.25) is 0 Å². The molecular formula is C22H24N2O3. The van der Waals surface area contributed by atoms with Crippen LogP contribution in [0, 0.1) is 6.92 Å². The summed E-state index contributed by atoms with van der Waals surface area (Å²) in [5, 5.41) is 0. The van der Waals surface area contributed by atoms with Gasteiger partial charge in [0.05, 0.1) is 5.69 Å². The minimum atomic E-state index is -0.534. The molecule has 0 aromatic heterocycles. The van der Waals surface area contributed by atoms with E-state index in [2.05, 4.69) is 13.0 Å². The number of para-hydroxylation sites is 2. The van der Waals surface area contributed by atoms with Gasteiger partial charge in [0.15, 0.2) is 6.10 Å². The van der Waals surface area contributed by atoms with Gasteiger partial charge in [0, 0.05) is 25.2 Å². The average molecular weight is 364 g/mol. The number of carbonyl (C=O) groups excluding carboxylic acids is 2. The van der Waals surface area contributed by atoms with Crippen LogP contribution in [0.15, 0.2) is 42.5 Å². The number of rotatable bonds is 3. The number of aryl methyl sites for hydroxylation is 2. The summed E-state index contributed by atoms with van der Waals surface area (Å²) in [6, 6.07) is 13.7. The van der Waals surface area contributed by atoms with Crippen LogP contribution in [-0.4, -0.2) is 31.0 Å². The maximum Gasteiger partial charge on any atom is 0.267 e. The molecule has 0 radical (unpaired) electrons. The molecule has 0 saturated heterocycles. The molecule has 0 fully saturated rings. The fourth-order valence-electron chi connectivity index (χ4n) is 3.92. The normalized spacial score (nSPS) is 18.6. The number of hydrogen-bond donors (Lipinski definition) is 0. The summed E-state index contributed by atoms with van der Waals surface area (Å²) < 4.78 is 5.67. The van der Waals surface area contributed by atoms with Crippen molar-refractivity contribution in [2.75, 3.05) is 22.9 Å². The van der Waals surface area contributed by atoms with Gasteiger partial charge in [-0.3, -0.25) is 9.59 Å². The smallest absolute Gasteiger partial charge is 0.267 e. The molecule has 27 heavy (non-hydrogen) atoms. The Morgan fingerprint density at radius 2 is 2.00 bits per heavy atom. The molecule has 0 spiro atoms. The number of benzene rings is 2. The molecule has 2 aromatic rings. The second-order valence-electron chi connectivity index (χ2n) is 7.25. The Kier molecular flexibility index (Phi) is 4.60. The molecule has 5 heteroatoms. The Bertz CT molecular complexity index is 893. The van der Waals surface area contributed by atoms with Crippen molar-refractivity contribution in [2.45, 2.75) is 39.2 Å². The maximum atomic E-state index is 12.9. The molecule has 0 aliphatic carbocycles. The van der Waals surface area contributed by atoms with E-state index in [1.807, 2.05) is 41.3 Å². The van der Waals surface area contributed by atoms with Crippen molar-refractivity contribution >= 4 is 23.2 Å². The summed E-state index contributed by atoms with van der Waals surface area (Å²) in [6.45, 7) is 4.92. The van der Waals surface area contributed by atoms with Crippen molar-refractivity contribution in [2.24, 2.45) is 0 Å². The molecule has 2 aromatic carbocycles. The van der Waals surface area contributed by atoms with Gasteiger partial charge in [-0.25, -0.2) is 0 Å². The fraction of sp³-hybridized carbons (Fsp3) is 0.364. The minimum Gasteiger partial charge on any atom is -0.479 e. The first-order valence-corrected chi connectivity index (χ1v) is 9.51. The molecule has 5 nitrogen and oxygen atoms in total. The van der Waals surface area contributed by atoms with Crippen LogP contribution >= 0.6 is 0 Å². The monoisotopic (exact) mass is 364 g/mol. The van der Waals surface area contributed by atoms with E-state index < -0.39 is 6.10 Å². The topological polar surface area (TPSA) is 49.9 Å². The predicted octanol–water partition coefficient (Wildman–Crippen LogP) is 3.48. The summed E-state index contributed by atoms with van der Waals surface area (Å²) in [7, 11) is 0. The average Bonchev–Trinajstić information content (AvgIpc) is 2.67. The van der Waals surface area contributed by atoms with E-state index in [1.165, 1.54) is 11.1 Å². The highest BCUT2D eigenvalue weighted by atomic mass is 16.5. The Labute approximate surface area is 159 Å². The number of fused-ring (bicyclic) bond motifs is 2. The third-order valence-electron chi connectivity index (χ3n) is 5.28. The third kappa shape index (κ3) is 3.29. The zero-order valence-electron chi connectivity index (χ0n) is 15.8. The van der Waals surface area contributed by atoms with E-state index in [0.29, 0.717) is 18.7 Å². The molecular weight excluding hydrogens is 340 g/mol. The molecule has 2 aliphatic rings. The quantitative estimate of drug-likeness (QED) is 0.838. The summed E-state index contributed by atoms with van der Waals surface area (Å²) >= 11 is 0. The Morgan fingerprint density at radius 1 is 1.19 bits per heavy atom. The standard InChI is InChI=1S/C22H24N2O3/c1-15-9-10-18-17(14-15)6-5-12-23(18)21(25)11-13-24-19-7-3-4-8-20(19)27-16(2)22(24)26/h3-4,7-10,14,16H,5-6,11-13H2,1-2H3. The third-order valence-corrected chi connectivity index (χ3v) is 5.28. The molecule has 0 bridgehead atoms. The molecule has 4 rings (SSSR count). The van der Waals surface area contributed by atoms with E-state index in [9.17, 15) is 9.59 Å². The van der Waals surface area contributed by atoms with Crippen molar-refractivity contribution < 1.29 is 14.3 Å². The number of ether oxygens (including phenoxy) is 1.